The van der Waals surface area contributed by atoms with E-state index in [2.05, 4.69) is 37.4 Å². The number of benzene rings is 3. The minimum atomic E-state index is -1.26. The second kappa shape index (κ2) is 8.10. The lowest BCUT2D eigenvalue weighted by molar-refractivity contribution is -0.384. The maximum absolute atomic E-state index is 11.6. The lowest BCUT2D eigenvalue weighted by atomic mass is 10.00. The van der Waals surface area contributed by atoms with E-state index in [0.29, 0.717) is 11.4 Å². The van der Waals surface area contributed by atoms with E-state index >= 15 is 0 Å². The molecule has 0 saturated heterocycles. The molecule has 0 fully saturated rings. The topological polar surface area (TPSA) is 102 Å². The van der Waals surface area contributed by atoms with Gasteiger partial charge in [0, 0.05) is 6.07 Å². The summed E-state index contributed by atoms with van der Waals surface area (Å²) >= 11 is 0. The van der Waals surface area contributed by atoms with Crippen LogP contribution >= 0.6 is 0 Å². The van der Waals surface area contributed by atoms with Crippen molar-refractivity contribution in [3.8, 4) is 11.5 Å². The molecule has 1 heterocycles. The minimum Gasteiger partial charge on any atom is -0.478 e. The lowest BCUT2D eigenvalue weighted by Crippen LogP contribution is -2.10. The van der Waals surface area contributed by atoms with Crippen molar-refractivity contribution in [2.24, 2.45) is 0 Å². The molecule has 4 rings (SSSR count). The molecule has 1 aliphatic heterocycles. The highest BCUT2D eigenvalue weighted by Crippen LogP contribution is 2.45. The Bertz CT molecular complexity index is 1200. The van der Waals surface area contributed by atoms with Gasteiger partial charge in [0.1, 0.15) is 0 Å². The number of aromatic carboxylic acids is 1. The average Bonchev–Trinajstić information content (AvgIpc) is 2.73. The normalized spacial score (nSPS) is 11.7. The van der Waals surface area contributed by atoms with Crippen LogP contribution in [0.1, 0.15) is 39.0 Å². The summed E-state index contributed by atoms with van der Waals surface area (Å²) in [6.45, 7) is 4.22. The molecule has 0 bridgehead atoms. The molecule has 0 radical (unpaired) electrons. The second-order valence-electron chi connectivity index (χ2n) is 7.76. The van der Waals surface area contributed by atoms with Crippen LogP contribution in [0.3, 0.4) is 0 Å². The van der Waals surface area contributed by atoms with Crippen molar-refractivity contribution >= 4 is 23.0 Å². The van der Waals surface area contributed by atoms with Gasteiger partial charge >= 0.3 is 5.97 Å². The standard InChI is InChI=1S/C24H22N2O5/c1-14-6-7-16(10-15(14)2)4-3-5-17-8-9-21-20(11-17)25-23-19(24(27)28)12-18(26(29)30)13-22(23)31-21/h6-13,25H,3-5H2,1-2H3,(H,27,28). The number of aryl methyl sites for hydroxylation is 4. The van der Waals surface area contributed by atoms with Gasteiger partial charge in [-0.1, -0.05) is 24.3 Å². The van der Waals surface area contributed by atoms with E-state index in [4.69, 9.17) is 4.74 Å². The first-order valence-corrected chi connectivity index (χ1v) is 10.0. The number of nitro groups is 1. The number of carboxylic acids is 1. The quantitative estimate of drug-likeness (QED) is 0.297. The molecule has 7 nitrogen and oxygen atoms in total. The van der Waals surface area contributed by atoms with Crippen LogP contribution in [0.5, 0.6) is 11.5 Å². The van der Waals surface area contributed by atoms with E-state index in [1.54, 1.807) is 6.07 Å². The number of nitro benzene ring substituents is 1. The van der Waals surface area contributed by atoms with Gasteiger partial charge in [-0.3, -0.25) is 10.1 Å². The maximum atomic E-state index is 11.6. The summed E-state index contributed by atoms with van der Waals surface area (Å²) in [5.41, 5.74) is 5.33. The highest BCUT2D eigenvalue weighted by atomic mass is 16.6. The van der Waals surface area contributed by atoms with Crippen LogP contribution in [0.25, 0.3) is 0 Å². The third-order valence-corrected chi connectivity index (χ3v) is 5.55. The van der Waals surface area contributed by atoms with Crippen LogP contribution in [-0.2, 0) is 12.8 Å². The van der Waals surface area contributed by atoms with Crippen molar-refractivity contribution in [2.45, 2.75) is 33.1 Å². The third kappa shape index (κ3) is 4.21. The zero-order valence-electron chi connectivity index (χ0n) is 17.3. The zero-order valence-corrected chi connectivity index (χ0v) is 17.3. The van der Waals surface area contributed by atoms with Crippen LogP contribution in [-0.4, -0.2) is 16.0 Å². The molecule has 31 heavy (non-hydrogen) atoms. The Hall–Kier alpha value is -3.87. The predicted octanol–water partition coefficient (Wildman–Crippen LogP) is 5.93. The maximum Gasteiger partial charge on any atom is 0.338 e. The fraction of sp³-hybridized carbons (Fsp3) is 0.208. The van der Waals surface area contributed by atoms with E-state index in [-0.39, 0.29) is 22.7 Å². The summed E-state index contributed by atoms with van der Waals surface area (Å²) in [5, 5.41) is 23.7. The molecule has 158 valence electrons. The van der Waals surface area contributed by atoms with E-state index in [1.807, 2.05) is 12.1 Å². The van der Waals surface area contributed by atoms with Crippen molar-refractivity contribution in [1.29, 1.82) is 0 Å². The van der Waals surface area contributed by atoms with Gasteiger partial charge in [0.25, 0.3) is 5.69 Å². The highest BCUT2D eigenvalue weighted by Gasteiger charge is 2.26. The first-order chi connectivity index (χ1) is 14.8. The monoisotopic (exact) mass is 418 g/mol. The molecular formula is C24H22N2O5. The van der Waals surface area contributed by atoms with Crippen molar-refractivity contribution in [3.63, 3.8) is 0 Å². The van der Waals surface area contributed by atoms with Gasteiger partial charge in [0.2, 0.25) is 0 Å². The molecular weight excluding hydrogens is 396 g/mol. The van der Waals surface area contributed by atoms with Gasteiger partial charge in [-0.05, 0) is 67.5 Å². The average molecular weight is 418 g/mol. The number of rotatable bonds is 6. The second-order valence-corrected chi connectivity index (χ2v) is 7.76. The molecule has 1 aliphatic rings. The first-order valence-electron chi connectivity index (χ1n) is 10.0. The number of anilines is 2. The number of fused-ring (bicyclic) bond motifs is 2. The molecule has 2 N–H and O–H groups in total. The van der Waals surface area contributed by atoms with Crippen molar-refractivity contribution in [3.05, 3.63) is 86.5 Å². The number of ether oxygens (including phenoxy) is 1. The molecule has 0 unspecified atom stereocenters. The van der Waals surface area contributed by atoms with Crippen LogP contribution in [0.2, 0.25) is 0 Å². The molecule has 0 aliphatic carbocycles. The summed E-state index contributed by atoms with van der Waals surface area (Å²) < 4.78 is 5.78. The molecule has 0 atom stereocenters. The third-order valence-electron chi connectivity index (χ3n) is 5.55. The molecule has 7 heteroatoms. The molecule has 3 aromatic rings. The molecule has 0 aromatic heterocycles. The number of carbonyl (C=O) groups is 1. The number of nitrogens with zero attached hydrogens (tertiary/aromatic N) is 1. The Labute approximate surface area is 179 Å². The summed E-state index contributed by atoms with van der Waals surface area (Å²) in [6, 6.07) is 14.5. The Morgan fingerprint density at radius 2 is 1.71 bits per heavy atom. The summed E-state index contributed by atoms with van der Waals surface area (Å²) in [7, 11) is 0. The van der Waals surface area contributed by atoms with Gasteiger partial charge in [0.15, 0.2) is 11.5 Å². The molecule has 0 saturated carbocycles. The Kier molecular flexibility index (Phi) is 5.33. The Morgan fingerprint density at radius 1 is 1.00 bits per heavy atom. The summed E-state index contributed by atoms with van der Waals surface area (Å²) in [4.78, 5) is 22.1. The smallest absolute Gasteiger partial charge is 0.338 e. The largest absolute Gasteiger partial charge is 0.478 e. The SMILES string of the molecule is Cc1ccc(CCCc2ccc3c(c2)Nc2c(cc([N+](=O)[O-])cc2C(=O)O)O3)cc1C. The van der Waals surface area contributed by atoms with Crippen molar-refractivity contribution in [2.75, 3.05) is 5.32 Å². The number of carboxylic acid groups (broad SMARTS) is 1. The minimum absolute atomic E-state index is 0.126. The van der Waals surface area contributed by atoms with E-state index in [1.165, 1.54) is 22.8 Å². The number of hydrogen-bond donors (Lipinski definition) is 2. The van der Waals surface area contributed by atoms with Crippen molar-refractivity contribution in [1.82, 2.24) is 0 Å². The summed E-state index contributed by atoms with van der Waals surface area (Å²) in [5.74, 6) is -0.632. The lowest BCUT2D eigenvalue weighted by Gasteiger charge is -2.23. The van der Waals surface area contributed by atoms with E-state index in [0.717, 1.165) is 30.9 Å². The Morgan fingerprint density at radius 3 is 2.39 bits per heavy atom. The van der Waals surface area contributed by atoms with Crippen LogP contribution in [0, 0.1) is 24.0 Å². The van der Waals surface area contributed by atoms with E-state index in [9.17, 15) is 20.0 Å². The number of nitrogens with one attached hydrogen (secondary N) is 1. The fourth-order valence-corrected chi connectivity index (χ4v) is 3.71. The number of non-ortho nitro benzene ring substituents is 1. The summed E-state index contributed by atoms with van der Waals surface area (Å²) in [6.07, 6.45) is 2.81. The molecule has 0 amide bonds. The zero-order chi connectivity index (χ0) is 22.1. The van der Waals surface area contributed by atoms with Crippen molar-refractivity contribution < 1.29 is 19.6 Å². The Balaban J connectivity index is 1.52. The van der Waals surface area contributed by atoms with Gasteiger partial charge in [-0.25, -0.2) is 4.79 Å². The van der Waals surface area contributed by atoms with E-state index < -0.39 is 10.9 Å². The van der Waals surface area contributed by atoms with Gasteiger partial charge in [0.05, 0.1) is 27.9 Å². The van der Waals surface area contributed by atoms with Crippen LogP contribution < -0.4 is 10.1 Å². The van der Waals surface area contributed by atoms with Crippen LogP contribution in [0.4, 0.5) is 17.1 Å². The molecule has 0 spiro atoms. The van der Waals surface area contributed by atoms with Crippen LogP contribution in [0.15, 0.2) is 48.5 Å². The fourth-order valence-electron chi connectivity index (χ4n) is 3.71. The van der Waals surface area contributed by atoms with Gasteiger partial charge in [-0.2, -0.15) is 0 Å². The predicted molar refractivity (Wildman–Crippen MR) is 118 cm³/mol. The van der Waals surface area contributed by atoms with Gasteiger partial charge < -0.3 is 15.2 Å². The first kappa shape index (κ1) is 20.4. The van der Waals surface area contributed by atoms with Gasteiger partial charge in [-0.15, -0.1) is 0 Å². The highest BCUT2D eigenvalue weighted by molar-refractivity contribution is 5.99. The number of hydrogen-bond acceptors (Lipinski definition) is 5. The molecule has 3 aromatic carbocycles.